The number of nitrogens with zero attached hydrogens (tertiary/aromatic N) is 1. The number of ether oxygens (including phenoxy) is 2. The van der Waals surface area contributed by atoms with Crippen LogP contribution in [0.3, 0.4) is 0 Å². The van der Waals surface area contributed by atoms with Gasteiger partial charge in [0.05, 0.1) is 13.7 Å². The fraction of sp³-hybridized carbons (Fsp3) is 0.455. The number of benzene rings is 1. The molecule has 1 heterocycles. The monoisotopic (exact) mass is 371 g/mol. The summed E-state index contributed by atoms with van der Waals surface area (Å²) in [5.74, 6) is 0.762. The molecule has 5 nitrogen and oxygen atoms in total. The maximum atomic E-state index is 12.6. The predicted molar refractivity (Wildman–Crippen MR) is 105 cm³/mol. The second-order valence-corrected chi connectivity index (χ2v) is 6.74. The minimum Gasteiger partial charge on any atom is -0.497 e. The zero-order chi connectivity index (χ0) is 19.8. The third kappa shape index (κ3) is 5.46. The number of likely N-dealkylation sites (tertiary alicyclic amines) is 1. The van der Waals surface area contributed by atoms with E-state index in [0.717, 1.165) is 17.7 Å². The summed E-state index contributed by atoms with van der Waals surface area (Å²) in [5.41, 5.74) is 1.49. The molecule has 0 unspecified atom stereocenters. The Hall–Kier alpha value is -2.56. The quantitative estimate of drug-likeness (QED) is 0.375. The van der Waals surface area contributed by atoms with E-state index in [1.807, 2.05) is 35.2 Å². The van der Waals surface area contributed by atoms with Crippen LogP contribution in [0.15, 0.2) is 49.1 Å². The molecule has 27 heavy (non-hydrogen) atoms. The van der Waals surface area contributed by atoms with E-state index in [9.17, 15) is 9.59 Å². The molecule has 0 aliphatic carbocycles. The average molecular weight is 371 g/mol. The number of methoxy groups -OCH3 is 1. The molecule has 1 fully saturated rings. The van der Waals surface area contributed by atoms with E-state index in [-0.39, 0.29) is 23.8 Å². The third-order valence-corrected chi connectivity index (χ3v) is 5.03. The summed E-state index contributed by atoms with van der Waals surface area (Å²) in [6, 6.07) is 7.73. The van der Waals surface area contributed by atoms with Crippen LogP contribution in [-0.2, 0) is 20.9 Å². The summed E-state index contributed by atoms with van der Waals surface area (Å²) in [7, 11) is 1.63. The first-order chi connectivity index (χ1) is 13.0. The van der Waals surface area contributed by atoms with Crippen molar-refractivity contribution in [2.24, 2.45) is 5.92 Å². The molecule has 1 aliphatic rings. The van der Waals surface area contributed by atoms with E-state index >= 15 is 0 Å². The van der Waals surface area contributed by atoms with Crippen LogP contribution in [0.1, 0.15) is 38.2 Å². The van der Waals surface area contributed by atoms with E-state index in [2.05, 4.69) is 13.2 Å². The molecule has 2 atom stereocenters. The molecule has 1 aliphatic heterocycles. The van der Waals surface area contributed by atoms with Gasteiger partial charge in [-0.1, -0.05) is 24.8 Å². The van der Waals surface area contributed by atoms with Crippen LogP contribution < -0.4 is 4.74 Å². The Labute approximate surface area is 161 Å². The van der Waals surface area contributed by atoms with Crippen LogP contribution in [0.4, 0.5) is 0 Å². The van der Waals surface area contributed by atoms with E-state index in [1.165, 1.54) is 0 Å². The second-order valence-electron chi connectivity index (χ2n) is 6.74. The molecule has 2 rings (SSSR count). The second kappa shape index (κ2) is 9.95. The maximum Gasteiger partial charge on any atom is 0.333 e. The standard InChI is InChI=1S/C22H29NO4/c1-5-18-10-14-21(24)23(15-17-8-11-19(26-4)12-9-17)20(18)13-7-16(3)22(25)27-6-2/h5,8-9,11-12,18,20H,1,3,6-7,10,13-15H2,2,4H3/t18-,20+/m1/s1. The van der Waals surface area contributed by atoms with Crippen molar-refractivity contribution in [3.05, 3.63) is 54.6 Å². The van der Waals surface area contributed by atoms with Crippen molar-refractivity contribution in [3.8, 4) is 5.75 Å². The summed E-state index contributed by atoms with van der Waals surface area (Å²) >= 11 is 0. The lowest BCUT2D eigenvalue weighted by molar-refractivity contribution is -0.139. The van der Waals surface area contributed by atoms with Gasteiger partial charge in [0.25, 0.3) is 0 Å². The highest BCUT2D eigenvalue weighted by Crippen LogP contribution is 2.31. The van der Waals surface area contributed by atoms with E-state index in [0.29, 0.717) is 38.0 Å². The van der Waals surface area contributed by atoms with E-state index in [4.69, 9.17) is 9.47 Å². The van der Waals surface area contributed by atoms with Crippen molar-refractivity contribution in [2.75, 3.05) is 13.7 Å². The van der Waals surface area contributed by atoms with Gasteiger partial charge in [-0.3, -0.25) is 4.79 Å². The molecular formula is C22H29NO4. The summed E-state index contributed by atoms with van der Waals surface area (Å²) in [4.78, 5) is 26.4. The van der Waals surface area contributed by atoms with Crippen molar-refractivity contribution in [1.82, 2.24) is 4.90 Å². The molecule has 146 valence electrons. The summed E-state index contributed by atoms with van der Waals surface area (Å²) in [5, 5.41) is 0. The first-order valence-electron chi connectivity index (χ1n) is 9.40. The molecule has 5 heteroatoms. The lowest BCUT2D eigenvalue weighted by Crippen LogP contribution is -2.47. The van der Waals surface area contributed by atoms with Gasteiger partial charge in [-0.05, 0) is 49.8 Å². The van der Waals surface area contributed by atoms with Gasteiger partial charge < -0.3 is 14.4 Å². The average Bonchev–Trinajstić information content (AvgIpc) is 2.68. The van der Waals surface area contributed by atoms with Crippen LogP contribution in [0.2, 0.25) is 0 Å². The third-order valence-electron chi connectivity index (χ3n) is 5.03. The van der Waals surface area contributed by atoms with Gasteiger partial charge in [0.1, 0.15) is 5.75 Å². The number of amides is 1. The molecule has 0 saturated carbocycles. The van der Waals surface area contributed by atoms with Crippen LogP contribution in [0.5, 0.6) is 5.75 Å². The number of hydrogen-bond donors (Lipinski definition) is 0. The van der Waals surface area contributed by atoms with Crippen molar-refractivity contribution >= 4 is 11.9 Å². The number of esters is 1. The molecule has 0 radical (unpaired) electrons. The molecule has 0 N–H and O–H groups in total. The zero-order valence-corrected chi connectivity index (χ0v) is 16.3. The fourth-order valence-corrected chi connectivity index (χ4v) is 3.48. The first-order valence-corrected chi connectivity index (χ1v) is 9.40. The Morgan fingerprint density at radius 3 is 2.63 bits per heavy atom. The van der Waals surface area contributed by atoms with Gasteiger partial charge in [0, 0.05) is 24.6 Å². The van der Waals surface area contributed by atoms with Crippen LogP contribution >= 0.6 is 0 Å². The van der Waals surface area contributed by atoms with Crippen molar-refractivity contribution in [2.45, 2.75) is 45.2 Å². The molecule has 0 aromatic heterocycles. The molecule has 1 aromatic rings. The zero-order valence-electron chi connectivity index (χ0n) is 16.3. The number of hydrogen-bond acceptors (Lipinski definition) is 4. The minimum absolute atomic E-state index is 0.00275. The van der Waals surface area contributed by atoms with Crippen LogP contribution in [0.25, 0.3) is 0 Å². The lowest BCUT2D eigenvalue weighted by atomic mass is 9.85. The van der Waals surface area contributed by atoms with Crippen LogP contribution in [-0.4, -0.2) is 36.5 Å². The van der Waals surface area contributed by atoms with Gasteiger partial charge >= 0.3 is 5.97 Å². The largest absolute Gasteiger partial charge is 0.497 e. The highest BCUT2D eigenvalue weighted by Gasteiger charge is 2.34. The van der Waals surface area contributed by atoms with Crippen LogP contribution in [0, 0.1) is 5.92 Å². The van der Waals surface area contributed by atoms with E-state index in [1.54, 1.807) is 14.0 Å². The van der Waals surface area contributed by atoms with Gasteiger partial charge in [-0.25, -0.2) is 4.79 Å². The Morgan fingerprint density at radius 2 is 2.04 bits per heavy atom. The fourth-order valence-electron chi connectivity index (χ4n) is 3.48. The molecule has 0 bridgehead atoms. The van der Waals surface area contributed by atoms with Gasteiger partial charge in [0.2, 0.25) is 5.91 Å². The Bertz CT molecular complexity index is 680. The Morgan fingerprint density at radius 1 is 1.33 bits per heavy atom. The lowest BCUT2D eigenvalue weighted by Gasteiger charge is -2.40. The number of carbonyl (C=O) groups excluding carboxylic acids is 2. The molecule has 1 amide bonds. The minimum atomic E-state index is -0.364. The molecular weight excluding hydrogens is 342 g/mol. The predicted octanol–water partition coefficient (Wildman–Crippen LogP) is 3.89. The number of piperidine rings is 1. The summed E-state index contributed by atoms with van der Waals surface area (Å²) < 4.78 is 10.2. The molecule has 1 aromatic carbocycles. The Kier molecular flexibility index (Phi) is 7.65. The number of carbonyl (C=O) groups is 2. The van der Waals surface area contributed by atoms with Crippen molar-refractivity contribution < 1.29 is 19.1 Å². The smallest absolute Gasteiger partial charge is 0.333 e. The van der Waals surface area contributed by atoms with Gasteiger partial charge in [-0.2, -0.15) is 0 Å². The Balaban J connectivity index is 2.11. The SMILES string of the molecule is C=C[C@@H]1CCC(=O)N(Cc2ccc(OC)cc2)[C@H]1CCC(=C)C(=O)OCC. The normalized spacial score (nSPS) is 19.5. The summed E-state index contributed by atoms with van der Waals surface area (Å²) in [6.45, 7) is 10.4. The first kappa shape index (κ1) is 20.7. The van der Waals surface area contributed by atoms with Crippen molar-refractivity contribution in [1.29, 1.82) is 0 Å². The van der Waals surface area contributed by atoms with Gasteiger partial charge in [0.15, 0.2) is 0 Å². The maximum absolute atomic E-state index is 12.6. The van der Waals surface area contributed by atoms with Gasteiger partial charge in [-0.15, -0.1) is 6.58 Å². The van der Waals surface area contributed by atoms with Crippen molar-refractivity contribution in [3.63, 3.8) is 0 Å². The summed E-state index contributed by atoms with van der Waals surface area (Å²) in [6.07, 6.45) is 4.39. The highest BCUT2D eigenvalue weighted by atomic mass is 16.5. The topological polar surface area (TPSA) is 55.8 Å². The number of rotatable bonds is 9. The molecule has 0 spiro atoms. The van der Waals surface area contributed by atoms with E-state index < -0.39 is 0 Å². The highest BCUT2D eigenvalue weighted by molar-refractivity contribution is 5.87. The molecule has 1 saturated heterocycles.